The highest BCUT2D eigenvalue weighted by Gasteiger charge is 2.39. The standard InChI is InChI=1S/C22H37NO5/c1-2-3-6-9-17(25)12-13-19-18(20(26)16-21(19)27)10-7-4-5-8-11-22(28)23-14-15-24/h4,7,12-13,17-19,21,24-25,27H,2-3,5-6,8-11,14-16H2,1H3,(H,23,28)/b7-4?,13-12+/t17?,18?,19-,21?/m1/s1. The molecule has 1 fully saturated rings. The first-order valence-corrected chi connectivity index (χ1v) is 10.6. The summed E-state index contributed by atoms with van der Waals surface area (Å²) < 4.78 is 0. The Morgan fingerprint density at radius 3 is 2.79 bits per heavy atom. The molecule has 0 spiro atoms. The van der Waals surface area contributed by atoms with E-state index in [9.17, 15) is 19.8 Å². The van der Waals surface area contributed by atoms with Crippen LogP contribution in [0.1, 0.15) is 64.7 Å². The lowest BCUT2D eigenvalue weighted by Gasteiger charge is -2.16. The van der Waals surface area contributed by atoms with Crippen LogP contribution in [0.25, 0.3) is 0 Å². The first-order valence-electron chi connectivity index (χ1n) is 10.6. The fourth-order valence-electron chi connectivity index (χ4n) is 3.51. The molecule has 1 aliphatic carbocycles. The molecular weight excluding hydrogens is 358 g/mol. The summed E-state index contributed by atoms with van der Waals surface area (Å²) in [5, 5.41) is 31.5. The summed E-state index contributed by atoms with van der Waals surface area (Å²) >= 11 is 0. The van der Waals surface area contributed by atoms with Crippen molar-refractivity contribution in [2.24, 2.45) is 11.8 Å². The molecule has 3 unspecified atom stereocenters. The number of carbonyl (C=O) groups is 2. The van der Waals surface area contributed by atoms with Crippen molar-refractivity contribution in [3.05, 3.63) is 24.3 Å². The van der Waals surface area contributed by atoms with Crippen molar-refractivity contribution in [2.75, 3.05) is 13.2 Å². The molecule has 4 N–H and O–H groups in total. The first-order chi connectivity index (χ1) is 13.5. The van der Waals surface area contributed by atoms with Crippen molar-refractivity contribution >= 4 is 11.7 Å². The summed E-state index contributed by atoms with van der Waals surface area (Å²) in [6.45, 7) is 2.34. The maximum absolute atomic E-state index is 12.2. The maximum Gasteiger partial charge on any atom is 0.220 e. The lowest BCUT2D eigenvalue weighted by Crippen LogP contribution is -2.25. The third kappa shape index (κ3) is 9.62. The molecule has 4 atom stereocenters. The van der Waals surface area contributed by atoms with Crippen LogP contribution >= 0.6 is 0 Å². The van der Waals surface area contributed by atoms with Gasteiger partial charge in [-0.2, -0.15) is 0 Å². The Bertz CT molecular complexity index is 517. The number of Topliss-reactive ketones (excluding diaryl/α,β-unsaturated/α-hetero) is 1. The summed E-state index contributed by atoms with van der Waals surface area (Å²) in [6.07, 6.45) is 12.7. The molecule has 1 saturated carbocycles. The number of unbranched alkanes of at least 4 members (excludes halogenated alkanes) is 3. The Balaban J connectivity index is 2.40. The van der Waals surface area contributed by atoms with Gasteiger partial charge in [0.2, 0.25) is 5.91 Å². The normalized spacial score (nSPS) is 23.7. The molecule has 6 nitrogen and oxygen atoms in total. The molecule has 1 rings (SSSR count). The van der Waals surface area contributed by atoms with Crippen LogP contribution in [0.3, 0.4) is 0 Å². The van der Waals surface area contributed by atoms with Crippen molar-refractivity contribution in [3.63, 3.8) is 0 Å². The maximum atomic E-state index is 12.2. The number of hydrogen-bond donors (Lipinski definition) is 4. The van der Waals surface area contributed by atoms with Gasteiger partial charge in [-0.15, -0.1) is 0 Å². The first kappa shape index (κ1) is 24.5. The Labute approximate surface area is 168 Å². The Morgan fingerprint density at radius 1 is 1.29 bits per heavy atom. The van der Waals surface area contributed by atoms with Gasteiger partial charge in [0.15, 0.2) is 0 Å². The van der Waals surface area contributed by atoms with Crippen molar-refractivity contribution in [3.8, 4) is 0 Å². The highest BCUT2D eigenvalue weighted by Crippen LogP contribution is 2.33. The zero-order chi connectivity index (χ0) is 20.8. The molecule has 0 aromatic rings. The Morgan fingerprint density at radius 2 is 2.07 bits per heavy atom. The summed E-state index contributed by atoms with van der Waals surface area (Å²) in [6, 6.07) is 0. The van der Waals surface area contributed by atoms with Gasteiger partial charge in [-0.1, -0.05) is 50.5 Å². The molecule has 28 heavy (non-hydrogen) atoms. The molecule has 0 radical (unpaired) electrons. The third-order valence-corrected chi connectivity index (χ3v) is 5.16. The molecule has 1 aliphatic rings. The minimum absolute atomic E-state index is 0.0573. The van der Waals surface area contributed by atoms with Crippen LogP contribution in [0.5, 0.6) is 0 Å². The second-order valence-corrected chi connectivity index (χ2v) is 7.54. The number of allylic oxidation sites excluding steroid dienone is 2. The smallest absolute Gasteiger partial charge is 0.220 e. The van der Waals surface area contributed by atoms with Crippen LogP contribution in [-0.4, -0.2) is 52.4 Å². The van der Waals surface area contributed by atoms with Crippen LogP contribution in [0.2, 0.25) is 0 Å². The molecule has 0 aromatic heterocycles. The number of nitrogens with one attached hydrogen (secondary N) is 1. The fraction of sp³-hybridized carbons (Fsp3) is 0.727. The average Bonchev–Trinajstić information content (AvgIpc) is 2.94. The van der Waals surface area contributed by atoms with Gasteiger partial charge in [-0.25, -0.2) is 0 Å². The molecule has 0 aromatic carbocycles. The zero-order valence-corrected chi connectivity index (χ0v) is 17.1. The Kier molecular flexibility index (Phi) is 12.7. The molecule has 160 valence electrons. The number of hydrogen-bond acceptors (Lipinski definition) is 5. The number of rotatable bonds is 14. The van der Waals surface area contributed by atoms with Crippen LogP contribution in [0, 0.1) is 11.8 Å². The largest absolute Gasteiger partial charge is 0.395 e. The molecule has 1 amide bonds. The van der Waals surface area contributed by atoms with Crippen LogP contribution in [0.15, 0.2) is 24.3 Å². The molecule has 0 bridgehead atoms. The second-order valence-electron chi connectivity index (χ2n) is 7.54. The van der Waals surface area contributed by atoms with Gasteiger partial charge in [-0.05, 0) is 25.7 Å². The second kappa shape index (κ2) is 14.5. The lowest BCUT2D eigenvalue weighted by atomic mass is 9.90. The van der Waals surface area contributed by atoms with Crippen LogP contribution < -0.4 is 5.32 Å². The van der Waals surface area contributed by atoms with E-state index in [0.717, 1.165) is 25.7 Å². The zero-order valence-electron chi connectivity index (χ0n) is 17.1. The van der Waals surface area contributed by atoms with Crippen molar-refractivity contribution < 1.29 is 24.9 Å². The molecule has 0 saturated heterocycles. The highest BCUT2D eigenvalue weighted by molar-refractivity contribution is 5.84. The van der Waals surface area contributed by atoms with Gasteiger partial charge in [-0.3, -0.25) is 9.59 Å². The molecular formula is C22H37NO5. The van der Waals surface area contributed by atoms with Gasteiger partial charge in [0.25, 0.3) is 0 Å². The monoisotopic (exact) mass is 395 g/mol. The van der Waals surface area contributed by atoms with Crippen molar-refractivity contribution in [2.45, 2.75) is 76.9 Å². The Hall–Kier alpha value is -1.50. The molecule has 6 heteroatoms. The number of aliphatic hydroxyl groups is 3. The molecule has 0 heterocycles. The number of amides is 1. The predicted molar refractivity (Wildman–Crippen MR) is 110 cm³/mol. The van der Waals surface area contributed by atoms with E-state index in [0.29, 0.717) is 25.7 Å². The minimum atomic E-state index is -0.680. The summed E-state index contributed by atoms with van der Waals surface area (Å²) in [5.74, 6) is -0.504. The van der Waals surface area contributed by atoms with Gasteiger partial charge in [0.05, 0.1) is 18.8 Å². The summed E-state index contributed by atoms with van der Waals surface area (Å²) in [4.78, 5) is 23.6. The van der Waals surface area contributed by atoms with E-state index in [4.69, 9.17) is 5.11 Å². The van der Waals surface area contributed by atoms with E-state index in [1.165, 1.54) is 0 Å². The van der Waals surface area contributed by atoms with E-state index in [-0.39, 0.29) is 43.1 Å². The van der Waals surface area contributed by atoms with E-state index >= 15 is 0 Å². The number of ketones is 1. The van der Waals surface area contributed by atoms with E-state index in [1.54, 1.807) is 6.08 Å². The predicted octanol–water partition coefficient (Wildman–Crippen LogP) is 2.28. The van der Waals surface area contributed by atoms with Gasteiger partial charge in [0.1, 0.15) is 5.78 Å². The van der Waals surface area contributed by atoms with Crippen molar-refractivity contribution in [1.29, 1.82) is 0 Å². The van der Waals surface area contributed by atoms with E-state index in [2.05, 4.69) is 12.2 Å². The average molecular weight is 396 g/mol. The minimum Gasteiger partial charge on any atom is -0.395 e. The van der Waals surface area contributed by atoms with E-state index in [1.807, 2.05) is 18.2 Å². The lowest BCUT2D eigenvalue weighted by molar-refractivity contribution is -0.122. The van der Waals surface area contributed by atoms with E-state index < -0.39 is 12.2 Å². The SMILES string of the molecule is CCCCCC(O)/C=C/[C@H]1C(O)CC(=O)C1CC=CCCCC(=O)NCCO. The van der Waals surface area contributed by atoms with Crippen LogP contribution in [-0.2, 0) is 9.59 Å². The van der Waals surface area contributed by atoms with Crippen molar-refractivity contribution in [1.82, 2.24) is 5.32 Å². The number of carbonyl (C=O) groups excluding carboxylic acids is 2. The number of aliphatic hydroxyl groups excluding tert-OH is 3. The highest BCUT2D eigenvalue weighted by atomic mass is 16.3. The third-order valence-electron chi connectivity index (χ3n) is 5.16. The quantitative estimate of drug-likeness (QED) is 0.267. The van der Waals surface area contributed by atoms with Crippen LogP contribution in [0.4, 0.5) is 0 Å². The molecule has 0 aliphatic heterocycles. The fourth-order valence-corrected chi connectivity index (χ4v) is 3.51. The van der Waals surface area contributed by atoms with Gasteiger partial charge in [0, 0.05) is 31.2 Å². The summed E-state index contributed by atoms with van der Waals surface area (Å²) in [5.41, 5.74) is 0. The summed E-state index contributed by atoms with van der Waals surface area (Å²) in [7, 11) is 0. The topological polar surface area (TPSA) is 107 Å². The van der Waals surface area contributed by atoms with Gasteiger partial charge < -0.3 is 20.6 Å². The van der Waals surface area contributed by atoms with Gasteiger partial charge >= 0.3 is 0 Å².